The Balaban J connectivity index is 1.24. The summed E-state index contributed by atoms with van der Waals surface area (Å²) in [5, 5.41) is 0. The summed E-state index contributed by atoms with van der Waals surface area (Å²) in [6.45, 7) is 24.6. The highest BCUT2D eigenvalue weighted by Gasteiger charge is 2.71. The fourth-order valence-corrected chi connectivity index (χ4v) is 13.1. The van der Waals surface area contributed by atoms with Gasteiger partial charge in [-0.25, -0.2) is 0 Å². The fraction of sp³-hybridized carbons (Fsp3) is 0.718. The van der Waals surface area contributed by atoms with Crippen molar-refractivity contribution in [3.63, 3.8) is 0 Å². The number of nitrogens with zero attached hydrogens (tertiary/aromatic N) is 1. The van der Waals surface area contributed by atoms with E-state index in [2.05, 4.69) is 71.2 Å². The predicted octanol–water partition coefficient (Wildman–Crippen LogP) is 9.61. The van der Waals surface area contributed by atoms with E-state index in [1.165, 1.54) is 87.6 Å². The van der Waals surface area contributed by atoms with E-state index in [1.807, 2.05) is 12.1 Å². The second-order valence-electron chi connectivity index (χ2n) is 17.0. The summed E-state index contributed by atoms with van der Waals surface area (Å²) in [5.41, 5.74) is 6.87. The summed E-state index contributed by atoms with van der Waals surface area (Å²) in [4.78, 5) is 14.8. The van der Waals surface area contributed by atoms with Crippen LogP contribution in [0.2, 0.25) is 0 Å². The van der Waals surface area contributed by atoms with E-state index in [0.717, 1.165) is 29.2 Å². The Morgan fingerprint density at radius 1 is 0.829 bits per heavy atom. The number of benzene rings is 1. The maximum Gasteiger partial charge on any atom is 0.159 e. The molecule has 0 radical (unpaired) electrons. The molecule has 0 amide bonds. The van der Waals surface area contributed by atoms with Crippen LogP contribution in [0.4, 0.5) is 0 Å². The summed E-state index contributed by atoms with van der Waals surface area (Å²) in [6.07, 6.45) is 15.0. The molecule has 2 heteroatoms. The molecule has 41 heavy (non-hydrogen) atoms. The molecule has 5 fully saturated rings. The van der Waals surface area contributed by atoms with E-state index < -0.39 is 0 Å². The molecule has 0 N–H and O–H groups in total. The Morgan fingerprint density at radius 2 is 1.54 bits per heavy atom. The fourth-order valence-electron chi connectivity index (χ4n) is 13.1. The molecule has 1 unspecified atom stereocenters. The largest absolute Gasteiger partial charge is 0.295 e. The first kappa shape index (κ1) is 28.1. The lowest BCUT2D eigenvalue weighted by molar-refractivity contribution is -0.223. The van der Waals surface area contributed by atoms with Gasteiger partial charge in [-0.2, -0.15) is 0 Å². The summed E-state index contributed by atoms with van der Waals surface area (Å²) in [6, 6.07) is 8.47. The summed E-state index contributed by atoms with van der Waals surface area (Å²) < 4.78 is 0. The van der Waals surface area contributed by atoms with Crippen LogP contribution in [0.3, 0.4) is 0 Å². The van der Waals surface area contributed by atoms with Crippen molar-refractivity contribution in [1.29, 1.82) is 0 Å². The number of ketones is 1. The molecule has 1 aromatic carbocycles. The van der Waals surface area contributed by atoms with E-state index in [0.29, 0.717) is 27.7 Å². The van der Waals surface area contributed by atoms with Gasteiger partial charge in [-0.05, 0) is 134 Å². The number of allylic oxidation sites excluding steroid dienone is 3. The van der Waals surface area contributed by atoms with Crippen molar-refractivity contribution in [2.75, 3.05) is 13.1 Å². The first-order valence-electron chi connectivity index (χ1n) is 17.0. The van der Waals surface area contributed by atoms with Gasteiger partial charge in [-0.15, -0.1) is 0 Å². The van der Waals surface area contributed by atoms with Gasteiger partial charge in [0, 0.05) is 24.2 Å². The molecule has 7 rings (SSSR count). The molecular formula is C39H55NO. The van der Waals surface area contributed by atoms with Gasteiger partial charge in [0.1, 0.15) is 0 Å². The Hall–Kier alpha value is -1.67. The highest BCUT2D eigenvalue weighted by molar-refractivity contribution is 5.94. The first-order valence-corrected chi connectivity index (χ1v) is 17.0. The van der Waals surface area contributed by atoms with Crippen LogP contribution >= 0.6 is 0 Å². The maximum atomic E-state index is 11.9. The third-order valence-corrected chi connectivity index (χ3v) is 15.3. The topological polar surface area (TPSA) is 20.1 Å². The van der Waals surface area contributed by atoms with Crippen molar-refractivity contribution >= 4 is 11.4 Å². The molecule has 222 valence electrons. The molecule has 0 spiro atoms. The molecule has 4 saturated carbocycles. The zero-order chi connectivity index (χ0) is 29.2. The molecule has 9 atom stereocenters. The minimum Gasteiger partial charge on any atom is -0.295 e. The average Bonchev–Trinajstić information content (AvgIpc) is 3.69. The van der Waals surface area contributed by atoms with Gasteiger partial charge in [-0.1, -0.05) is 77.1 Å². The van der Waals surface area contributed by atoms with Gasteiger partial charge in [0.25, 0.3) is 0 Å². The standard InChI is InChI=1S/C39H55NO/c1-25(2)29-15-20-39(40-23-24-40)22-21-37(7)31(34(29)39)13-14-33-36(6)18-16-30(28-11-9-27(10-12-28)26(3)41)35(4,5)32(36)17-19-38(33,37)8/h9-12,16,29,31-34H,1,13-15,17-24H2,2-8H3/t29-,31?,32-,33+,34+,36-,37+,38+,39-/m0/s1. The molecule has 1 aliphatic heterocycles. The van der Waals surface area contributed by atoms with Crippen molar-refractivity contribution in [2.45, 2.75) is 112 Å². The lowest BCUT2D eigenvalue weighted by atomic mass is 9.33. The molecule has 1 saturated heterocycles. The van der Waals surface area contributed by atoms with E-state index in [1.54, 1.807) is 6.92 Å². The minimum atomic E-state index is 0.126. The van der Waals surface area contributed by atoms with Gasteiger partial charge >= 0.3 is 0 Å². The Labute approximate surface area is 250 Å². The van der Waals surface area contributed by atoms with Gasteiger partial charge in [0.2, 0.25) is 0 Å². The normalized spacial score (nSPS) is 46.4. The van der Waals surface area contributed by atoms with Gasteiger partial charge < -0.3 is 0 Å². The number of Topliss-reactive ketones (excluding diaryl/α,β-unsaturated/α-hetero) is 1. The number of fused-ring (bicyclic) bond motifs is 7. The van der Waals surface area contributed by atoms with Crippen molar-refractivity contribution in [3.8, 4) is 0 Å². The Bertz CT molecular complexity index is 1300. The van der Waals surface area contributed by atoms with Gasteiger partial charge in [-0.3, -0.25) is 9.69 Å². The predicted molar refractivity (Wildman–Crippen MR) is 171 cm³/mol. The highest BCUT2D eigenvalue weighted by Crippen LogP contribution is 2.77. The molecule has 1 aromatic rings. The van der Waals surface area contributed by atoms with Gasteiger partial charge in [0.05, 0.1) is 0 Å². The zero-order valence-electron chi connectivity index (χ0n) is 27.1. The van der Waals surface area contributed by atoms with Crippen LogP contribution in [0.25, 0.3) is 5.57 Å². The average molecular weight is 554 g/mol. The number of carbonyl (C=O) groups is 1. The van der Waals surface area contributed by atoms with E-state index in [9.17, 15) is 4.79 Å². The third kappa shape index (κ3) is 3.61. The van der Waals surface area contributed by atoms with Crippen LogP contribution in [0.1, 0.15) is 122 Å². The molecule has 0 aromatic heterocycles. The van der Waals surface area contributed by atoms with Crippen molar-refractivity contribution in [1.82, 2.24) is 4.90 Å². The number of hydrogen-bond acceptors (Lipinski definition) is 2. The quantitative estimate of drug-likeness (QED) is 0.210. The number of hydrogen-bond donors (Lipinski definition) is 0. The lowest BCUT2D eigenvalue weighted by Gasteiger charge is -2.72. The van der Waals surface area contributed by atoms with Crippen molar-refractivity contribution < 1.29 is 4.79 Å². The molecule has 2 nitrogen and oxygen atoms in total. The summed E-state index contributed by atoms with van der Waals surface area (Å²) in [7, 11) is 0. The van der Waals surface area contributed by atoms with E-state index in [-0.39, 0.29) is 11.2 Å². The zero-order valence-corrected chi connectivity index (χ0v) is 27.1. The van der Waals surface area contributed by atoms with E-state index in [4.69, 9.17) is 0 Å². The third-order valence-electron chi connectivity index (χ3n) is 15.3. The van der Waals surface area contributed by atoms with Crippen molar-refractivity contribution in [2.24, 2.45) is 51.2 Å². The lowest BCUT2D eigenvalue weighted by Crippen LogP contribution is -2.67. The second kappa shape index (κ2) is 8.93. The number of rotatable bonds is 4. The molecule has 1 heterocycles. The summed E-state index contributed by atoms with van der Waals surface area (Å²) >= 11 is 0. The van der Waals surface area contributed by atoms with Crippen LogP contribution < -0.4 is 0 Å². The molecule has 5 aliphatic carbocycles. The Kier molecular flexibility index (Phi) is 6.13. The Morgan fingerprint density at radius 3 is 2.17 bits per heavy atom. The van der Waals surface area contributed by atoms with E-state index >= 15 is 0 Å². The molecule has 0 bridgehead atoms. The van der Waals surface area contributed by atoms with Crippen LogP contribution in [-0.2, 0) is 0 Å². The number of carbonyl (C=O) groups excluding carboxylic acids is 1. The summed E-state index contributed by atoms with van der Waals surface area (Å²) in [5.74, 6) is 4.00. The molecular weight excluding hydrogens is 498 g/mol. The van der Waals surface area contributed by atoms with Gasteiger partial charge in [0.15, 0.2) is 5.78 Å². The van der Waals surface area contributed by atoms with Crippen LogP contribution in [0.15, 0.2) is 42.5 Å². The molecule has 6 aliphatic rings. The SMILES string of the molecule is C=C(C)[C@@H]1CC[C@]2(N3CC3)CC[C@]3(C)C(CC[C@@H]4[C@@]5(C)CC=C(c6ccc(C(C)=O)cc6)C(C)(C)[C@@H]5CC[C@]43C)[C@@H]12. The highest BCUT2D eigenvalue weighted by atomic mass is 16.1. The van der Waals surface area contributed by atoms with Crippen molar-refractivity contribution in [3.05, 3.63) is 53.6 Å². The second-order valence-corrected chi connectivity index (χ2v) is 17.0. The van der Waals surface area contributed by atoms with Crippen LogP contribution in [0.5, 0.6) is 0 Å². The monoisotopic (exact) mass is 553 g/mol. The van der Waals surface area contributed by atoms with Crippen LogP contribution in [-0.4, -0.2) is 29.3 Å². The smallest absolute Gasteiger partial charge is 0.159 e. The minimum absolute atomic E-state index is 0.126. The maximum absolute atomic E-state index is 11.9. The first-order chi connectivity index (χ1) is 19.3. The van der Waals surface area contributed by atoms with Crippen LogP contribution in [0, 0.1) is 51.2 Å².